The van der Waals surface area contributed by atoms with Crippen LogP contribution in [-0.2, 0) is 27.5 Å². The smallest absolute Gasteiger partial charge is 0.290 e. The first kappa shape index (κ1) is 19.1. The van der Waals surface area contributed by atoms with Gasteiger partial charge in [0.1, 0.15) is 12.6 Å². The number of piperazine rings is 1. The number of nitrogens with zero attached hydrogens (tertiary/aromatic N) is 3. The van der Waals surface area contributed by atoms with E-state index in [1.807, 2.05) is 48.5 Å². The molecule has 0 bridgehead atoms. The quantitative estimate of drug-likeness (QED) is 0.840. The molecule has 0 aliphatic carbocycles. The maximum absolute atomic E-state index is 12.6. The third-order valence-electron chi connectivity index (χ3n) is 4.06. The summed E-state index contributed by atoms with van der Waals surface area (Å²) in [4.78, 5) is 40.9. The van der Waals surface area contributed by atoms with Crippen LogP contribution in [-0.4, -0.2) is 50.8 Å². The fourth-order valence-corrected chi connectivity index (χ4v) is 2.77. The fourth-order valence-electron chi connectivity index (χ4n) is 2.77. The van der Waals surface area contributed by atoms with Crippen LogP contribution < -0.4 is 0 Å². The van der Waals surface area contributed by atoms with Crippen LogP contribution in [0, 0.1) is 0 Å². The summed E-state index contributed by atoms with van der Waals surface area (Å²) in [6.45, 7) is 2.48. The highest BCUT2D eigenvalue weighted by atomic mass is 16.3. The monoisotopic (exact) mass is 355 g/mol. The van der Waals surface area contributed by atoms with E-state index in [0.29, 0.717) is 13.1 Å². The standard InChI is InChI=1S/C18H19N3O2.CH2O2/c1-14-18(23)20(11-15-7-3-2-4-8-15)13-17(22)21(14)12-16-9-5-6-10-19-16;2-1-3/h2-10,14H,11-13H2,1H3;1H,(H,2,3)/t14-;/m0./s1. The molecule has 1 aromatic carbocycles. The van der Waals surface area contributed by atoms with Crippen molar-refractivity contribution in [3.8, 4) is 0 Å². The normalized spacial score (nSPS) is 16.7. The predicted octanol–water partition coefficient (Wildman–Crippen LogP) is 1.54. The maximum atomic E-state index is 12.6. The molecule has 136 valence electrons. The van der Waals surface area contributed by atoms with E-state index in [2.05, 4.69) is 4.98 Å². The molecule has 1 saturated heterocycles. The Kier molecular flexibility index (Phi) is 6.84. The topological polar surface area (TPSA) is 90.8 Å². The van der Waals surface area contributed by atoms with Gasteiger partial charge in [0.15, 0.2) is 0 Å². The van der Waals surface area contributed by atoms with Gasteiger partial charge in [-0.25, -0.2) is 0 Å². The number of aromatic nitrogens is 1. The van der Waals surface area contributed by atoms with Crippen LogP contribution >= 0.6 is 0 Å². The van der Waals surface area contributed by atoms with E-state index in [0.717, 1.165) is 11.3 Å². The number of hydrogen-bond acceptors (Lipinski definition) is 4. The molecule has 1 aliphatic rings. The molecule has 7 heteroatoms. The highest BCUT2D eigenvalue weighted by molar-refractivity contribution is 5.94. The van der Waals surface area contributed by atoms with Crippen LogP contribution in [0.4, 0.5) is 0 Å². The van der Waals surface area contributed by atoms with Gasteiger partial charge in [-0.15, -0.1) is 0 Å². The second kappa shape index (κ2) is 9.31. The summed E-state index contributed by atoms with van der Waals surface area (Å²) < 4.78 is 0. The van der Waals surface area contributed by atoms with Crippen LogP contribution in [0.3, 0.4) is 0 Å². The van der Waals surface area contributed by atoms with Gasteiger partial charge in [-0.2, -0.15) is 0 Å². The van der Waals surface area contributed by atoms with Gasteiger partial charge in [0.05, 0.1) is 12.2 Å². The van der Waals surface area contributed by atoms with Crippen molar-refractivity contribution in [3.63, 3.8) is 0 Å². The third kappa shape index (κ3) is 4.89. The third-order valence-corrected chi connectivity index (χ3v) is 4.06. The Balaban J connectivity index is 0.000000758. The molecule has 2 heterocycles. The summed E-state index contributed by atoms with van der Waals surface area (Å²) in [5.41, 5.74) is 1.82. The van der Waals surface area contributed by atoms with Crippen LogP contribution in [0.15, 0.2) is 54.7 Å². The van der Waals surface area contributed by atoms with E-state index >= 15 is 0 Å². The molecule has 1 aromatic heterocycles. The number of carbonyl (C=O) groups excluding carboxylic acids is 2. The number of benzene rings is 1. The van der Waals surface area contributed by atoms with Crippen molar-refractivity contribution in [3.05, 3.63) is 66.0 Å². The largest absolute Gasteiger partial charge is 0.483 e. The van der Waals surface area contributed by atoms with Crippen LogP contribution in [0.1, 0.15) is 18.2 Å². The molecule has 0 radical (unpaired) electrons. The maximum Gasteiger partial charge on any atom is 0.290 e. The molecule has 1 atom stereocenters. The number of hydrogen-bond donors (Lipinski definition) is 1. The second-order valence-corrected chi connectivity index (χ2v) is 5.80. The van der Waals surface area contributed by atoms with Crippen molar-refractivity contribution in [1.82, 2.24) is 14.8 Å². The molecule has 7 nitrogen and oxygen atoms in total. The number of rotatable bonds is 4. The van der Waals surface area contributed by atoms with Gasteiger partial charge in [0, 0.05) is 12.7 Å². The average molecular weight is 355 g/mol. The molecule has 2 amide bonds. The Hall–Kier alpha value is -3.22. The summed E-state index contributed by atoms with van der Waals surface area (Å²) in [6, 6.07) is 14.8. The lowest BCUT2D eigenvalue weighted by molar-refractivity contribution is -0.156. The lowest BCUT2D eigenvalue weighted by Crippen LogP contribution is -2.58. The molecule has 3 rings (SSSR count). The Bertz CT molecular complexity index is 737. The predicted molar refractivity (Wildman–Crippen MR) is 94.8 cm³/mol. The molecule has 0 saturated carbocycles. The minimum Gasteiger partial charge on any atom is -0.483 e. The van der Waals surface area contributed by atoms with E-state index in [4.69, 9.17) is 9.90 Å². The molecule has 1 aliphatic heterocycles. The van der Waals surface area contributed by atoms with E-state index in [9.17, 15) is 9.59 Å². The number of carboxylic acid groups (broad SMARTS) is 1. The van der Waals surface area contributed by atoms with E-state index < -0.39 is 6.04 Å². The van der Waals surface area contributed by atoms with Crippen molar-refractivity contribution in [1.29, 1.82) is 0 Å². The van der Waals surface area contributed by atoms with Crippen molar-refractivity contribution in [2.75, 3.05) is 6.54 Å². The zero-order valence-corrected chi connectivity index (χ0v) is 14.5. The SMILES string of the molecule is C[C@H]1C(=O)N(Cc2ccccc2)CC(=O)N1Cc1ccccn1.O=CO. The Morgan fingerprint density at radius 1 is 1.12 bits per heavy atom. The van der Waals surface area contributed by atoms with Crippen molar-refractivity contribution < 1.29 is 19.5 Å². The van der Waals surface area contributed by atoms with Crippen LogP contribution in [0.2, 0.25) is 0 Å². The van der Waals surface area contributed by atoms with E-state index in [1.165, 1.54) is 0 Å². The lowest BCUT2D eigenvalue weighted by Gasteiger charge is -2.38. The summed E-state index contributed by atoms with van der Waals surface area (Å²) in [7, 11) is 0. The molecule has 26 heavy (non-hydrogen) atoms. The minimum absolute atomic E-state index is 0.0237. The van der Waals surface area contributed by atoms with Gasteiger partial charge in [-0.3, -0.25) is 19.4 Å². The van der Waals surface area contributed by atoms with Crippen molar-refractivity contribution >= 4 is 18.3 Å². The first-order valence-electron chi connectivity index (χ1n) is 8.16. The number of amides is 2. The Morgan fingerprint density at radius 2 is 1.77 bits per heavy atom. The van der Waals surface area contributed by atoms with Crippen molar-refractivity contribution in [2.45, 2.75) is 26.1 Å². The second-order valence-electron chi connectivity index (χ2n) is 5.80. The summed E-state index contributed by atoms with van der Waals surface area (Å²) in [6.07, 6.45) is 1.69. The molecule has 1 fully saturated rings. The molecular weight excluding hydrogens is 334 g/mol. The van der Waals surface area contributed by atoms with Gasteiger partial charge in [0.2, 0.25) is 11.8 Å². The van der Waals surface area contributed by atoms with Gasteiger partial charge in [-0.1, -0.05) is 36.4 Å². The Morgan fingerprint density at radius 3 is 2.38 bits per heavy atom. The summed E-state index contributed by atoms with van der Waals surface area (Å²) in [5.74, 6) is -0.0666. The fraction of sp³-hybridized carbons (Fsp3) is 0.263. The summed E-state index contributed by atoms with van der Waals surface area (Å²) in [5, 5.41) is 6.89. The van der Waals surface area contributed by atoms with Gasteiger partial charge >= 0.3 is 0 Å². The molecule has 1 N–H and O–H groups in total. The van der Waals surface area contributed by atoms with Crippen molar-refractivity contribution in [2.24, 2.45) is 0 Å². The van der Waals surface area contributed by atoms with E-state index in [-0.39, 0.29) is 24.8 Å². The number of carbonyl (C=O) groups is 3. The highest BCUT2D eigenvalue weighted by Gasteiger charge is 2.36. The van der Waals surface area contributed by atoms with Crippen LogP contribution in [0.5, 0.6) is 0 Å². The minimum atomic E-state index is -0.470. The molecule has 0 spiro atoms. The molecule has 0 unspecified atom stereocenters. The van der Waals surface area contributed by atoms with Gasteiger partial charge < -0.3 is 14.9 Å². The molecular formula is C19H21N3O4. The van der Waals surface area contributed by atoms with E-state index in [1.54, 1.807) is 22.9 Å². The Labute approximate surface area is 151 Å². The molecule has 2 aromatic rings. The summed E-state index contributed by atoms with van der Waals surface area (Å²) >= 11 is 0. The number of pyridine rings is 1. The zero-order valence-electron chi connectivity index (χ0n) is 14.5. The average Bonchev–Trinajstić information content (AvgIpc) is 2.65. The van der Waals surface area contributed by atoms with Gasteiger partial charge in [-0.05, 0) is 24.6 Å². The zero-order chi connectivity index (χ0) is 18.9. The van der Waals surface area contributed by atoms with Gasteiger partial charge in [0.25, 0.3) is 6.47 Å². The lowest BCUT2D eigenvalue weighted by atomic mass is 10.1. The first-order valence-corrected chi connectivity index (χ1v) is 8.16. The first-order chi connectivity index (χ1) is 12.6. The highest BCUT2D eigenvalue weighted by Crippen LogP contribution is 2.17. The van der Waals surface area contributed by atoms with Crippen LogP contribution in [0.25, 0.3) is 0 Å².